The number of unbranched alkanes of at least 4 members (excludes halogenated alkanes) is 1. The Morgan fingerprint density at radius 2 is 1.77 bits per heavy atom. The molecule has 0 radical (unpaired) electrons. The first-order valence-electron chi connectivity index (χ1n) is 9.97. The molecule has 31 heavy (non-hydrogen) atoms. The molecule has 1 aliphatic rings. The van der Waals surface area contributed by atoms with Gasteiger partial charge in [0.2, 0.25) is 0 Å². The van der Waals surface area contributed by atoms with Crippen LogP contribution in [-0.2, 0) is 12.8 Å². The Balaban J connectivity index is 1.61. The molecule has 0 unspecified atom stereocenters. The molecule has 0 bridgehead atoms. The Morgan fingerprint density at radius 1 is 1.06 bits per heavy atom. The Hall–Kier alpha value is -3.59. The fourth-order valence-corrected chi connectivity index (χ4v) is 3.86. The largest absolute Gasteiger partial charge is 0.423 e. The minimum absolute atomic E-state index is 0.317. The minimum atomic E-state index is -1.16. The summed E-state index contributed by atoms with van der Waals surface area (Å²) in [6, 6.07) is 11.9. The zero-order chi connectivity index (χ0) is 22.1. The van der Waals surface area contributed by atoms with Crippen molar-refractivity contribution in [2.75, 3.05) is 0 Å². The number of hydrogen-bond donors (Lipinski definition) is 0. The second-order valence-corrected chi connectivity index (χ2v) is 7.49. The predicted octanol–water partition coefficient (Wildman–Crippen LogP) is 6.11. The van der Waals surface area contributed by atoms with Gasteiger partial charge in [-0.2, -0.15) is 5.26 Å². The first kappa shape index (κ1) is 20.7. The maximum absolute atomic E-state index is 15.2. The molecule has 0 saturated heterocycles. The van der Waals surface area contributed by atoms with E-state index in [1.165, 1.54) is 17.7 Å². The summed E-state index contributed by atoms with van der Waals surface area (Å²) in [6.07, 6.45) is 3.48. The number of ether oxygens (including phenoxy) is 1. The van der Waals surface area contributed by atoms with E-state index in [1.807, 2.05) is 12.1 Å². The average molecular weight is 421 g/mol. The van der Waals surface area contributed by atoms with Gasteiger partial charge in [-0.15, -0.1) is 0 Å². The van der Waals surface area contributed by atoms with Gasteiger partial charge in [0.25, 0.3) is 0 Å². The van der Waals surface area contributed by atoms with Crippen LogP contribution in [0, 0.1) is 28.8 Å². The predicted molar refractivity (Wildman–Crippen MR) is 109 cm³/mol. The summed E-state index contributed by atoms with van der Waals surface area (Å²) in [6.45, 7) is 2.12. The number of rotatable bonds is 5. The summed E-state index contributed by atoms with van der Waals surface area (Å²) in [5, 5.41) is 8.72. The van der Waals surface area contributed by atoms with Gasteiger partial charge in [0.15, 0.2) is 0 Å². The maximum atomic E-state index is 15.2. The summed E-state index contributed by atoms with van der Waals surface area (Å²) in [4.78, 5) is 12.5. The molecule has 0 spiro atoms. The smallest absolute Gasteiger partial charge is 0.346 e. The van der Waals surface area contributed by atoms with E-state index in [0.717, 1.165) is 48.1 Å². The van der Waals surface area contributed by atoms with Crippen LogP contribution >= 0.6 is 0 Å². The van der Waals surface area contributed by atoms with E-state index in [4.69, 9.17) is 10.00 Å². The van der Waals surface area contributed by atoms with Crippen molar-refractivity contribution in [2.24, 2.45) is 0 Å². The SMILES string of the molecule is CCCCc1ccc2c(c1)Cc1c-2ccc(C(=O)Oc2cc(F)c(C#N)c(F)c2)c1F. The molecule has 0 amide bonds. The van der Waals surface area contributed by atoms with Crippen LogP contribution in [0.4, 0.5) is 13.2 Å². The fourth-order valence-electron chi connectivity index (χ4n) is 3.86. The van der Waals surface area contributed by atoms with Gasteiger partial charge < -0.3 is 4.74 Å². The summed E-state index contributed by atoms with van der Waals surface area (Å²) in [5.41, 5.74) is 3.16. The van der Waals surface area contributed by atoms with Crippen molar-refractivity contribution < 1.29 is 22.7 Å². The molecule has 0 aliphatic heterocycles. The molecular weight excluding hydrogens is 403 g/mol. The van der Waals surface area contributed by atoms with E-state index in [0.29, 0.717) is 12.0 Å². The molecule has 0 fully saturated rings. The van der Waals surface area contributed by atoms with E-state index in [9.17, 15) is 13.6 Å². The number of esters is 1. The molecule has 4 rings (SSSR count). The monoisotopic (exact) mass is 421 g/mol. The third-order valence-corrected chi connectivity index (χ3v) is 5.45. The zero-order valence-corrected chi connectivity index (χ0v) is 16.8. The quantitative estimate of drug-likeness (QED) is 0.289. The molecule has 3 nitrogen and oxygen atoms in total. The Labute approximate surface area is 177 Å². The van der Waals surface area contributed by atoms with E-state index >= 15 is 4.39 Å². The van der Waals surface area contributed by atoms with Crippen LogP contribution in [-0.4, -0.2) is 5.97 Å². The molecule has 0 saturated carbocycles. The molecule has 3 aromatic carbocycles. The first-order chi connectivity index (χ1) is 14.9. The van der Waals surface area contributed by atoms with Crippen molar-refractivity contribution in [1.82, 2.24) is 0 Å². The first-order valence-corrected chi connectivity index (χ1v) is 9.97. The van der Waals surface area contributed by atoms with Crippen LogP contribution in [0.5, 0.6) is 5.75 Å². The Bertz CT molecular complexity index is 1220. The highest BCUT2D eigenvalue weighted by Gasteiger charge is 2.27. The number of nitrogens with zero attached hydrogens (tertiary/aromatic N) is 1. The number of halogens is 3. The number of fused-ring (bicyclic) bond motifs is 3. The number of benzene rings is 3. The van der Waals surface area contributed by atoms with Gasteiger partial charge in [0, 0.05) is 24.1 Å². The fraction of sp³-hybridized carbons (Fsp3) is 0.200. The van der Waals surface area contributed by atoms with Crippen LogP contribution in [0.15, 0.2) is 42.5 Å². The van der Waals surface area contributed by atoms with E-state index in [-0.39, 0.29) is 5.56 Å². The molecular formula is C25H18F3NO2. The number of aryl methyl sites for hydroxylation is 1. The third-order valence-electron chi connectivity index (χ3n) is 5.45. The lowest BCUT2D eigenvalue weighted by atomic mass is 10.0. The molecule has 0 heterocycles. The van der Waals surface area contributed by atoms with Gasteiger partial charge in [0.05, 0.1) is 5.56 Å². The van der Waals surface area contributed by atoms with Gasteiger partial charge in [-0.05, 0) is 41.2 Å². The van der Waals surface area contributed by atoms with Crippen LogP contribution in [0.1, 0.15) is 52.4 Å². The standard InChI is InChI=1S/C25H18F3NO2/c1-2-3-4-14-5-6-17-15(9-14)10-20-18(17)7-8-19(24(20)28)25(30)31-16-11-22(26)21(13-29)23(27)12-16/h5-9,11-12H,2-4,10H2,1H3. The molecule has 0 aromatic heterocycles. The summed E-state index contributed by atoms with van der Waals surface area (Å²) in [7, 11) is 0. The molecule has 6 heteroatoms. The molecule has 156 valence electrons. The molecule has 1 aliphatic carbocycles. The lowest BCUT2D eigenvalue weighted by Gasteiger charge is -2.09. The van der Waals surface area contributed by atoms with Gasteiger partial charge in [-0.3, -0.25) is 0 Å². The number of hydrogen-bond acceptors (Lipinski definition) is 3. The van der Waals surface area contributed by atoms with Crippen LogP contribution in [0.2, 0.25) is 0 Å². The molecule has 3 aromatic rings. The van der Waals surface area contributed by atoms with Crippen molar-refractivity contribution in [1.29, 1.82) is 5.26 Å². The normalized spacial score (nSPS) is 11.6. The lowest BCUT2D eigenvalue weighted by Crippen LogP contribution is -2.12. The van der Waals surface area contributed by atoms with Gasteiger partial charge in [-0.1, -0.05) is 37.6 Å². The van der Waals surface area contributed by atoms with E-state index in [1.54, 1.807) is 6.07 Å². The van der Waals surface area contributed by atoms with Crippen LogP contribution in [0.3, 0.4) is 0 Å². The van der Waals surface area contributed by atoms with Crippen molar-refractivity contribution in [3.05, 3.63) is 87.7 Å². The summed E-state index contributed by atoms with van der Waals surface area (Å²) in [5.74, 6) is -4.53. The lowest BCUT2D eigenvalue weighted by molar-refractivity contribution is 0.0729. The van der Waals surface area contributed by atoms with Crippen molar-refractivity contribution in [3.63, 3.8) is 0 Å². The van der Waals surface area contributed by atoms with Crippen LogP contribution in [0.25, 0.3) is 11.1 Å². The Kier molecular flexibility index (Phi) is 5.51. The third kappa shape index (κ3) is 3.79. The number of carbonyl (C=O) groups excluding carboxylic acids is 1. The highest BCUT2D eigenvalue weighted by molar-refractivity contribution is 5.93. The summed E-state index contributed by atoms with van der Waals surface area (Å²) >= 11 is 0. The highest BCUT2D eigenvalue weighted by atomic mass is 19.1. The van der Waals surface area contributed by atoms with Gasteiger partial charge in [-0.25, -0.2) is 18.0 Å². The highest BCUT2D eigenvalue weighted by Crippen LogP contribution is 2.39. The maximum Gasteiger partial charge on any atom is 0.346 e. The molecule has 0 atom stereocenters. The van der Waals surface area contributed by atoms with Crippen molar-refractivity contribution in [3.8, 4) is 22.9 Å². The second-order valence-electron chi connectivity index (χ2n) is 7.49. The minimum Gasteiger partial charge on any atom is -0.423 e. The van der Waals surface area contributed by atoms with Crippen molar-refractivity contribution >= 4 is 5.97 Å². The van der Waals surface area contributed by atoms with E-state index in [2.05, 4.69) is 13.0 Å². The van der Waals surface area contributed by atoms with Crippen molar-refractivity contribution in [2.45, 2.75) is 32.6 Å². The zero-order valence-electron chi connectivity index (χ0n) is 16.8. The molecule has 0 N–H and O–H groups in total. The van der Waals surface area contributed by atoms with Gasteiger partial charge >= 0.3 is 5.97 Å². The Morgan fingerprint density at radius 3 is 2.45 bits per heavy atom. The summed E-state index contributed by atoms with van der Waals surface area (Å²) < 4.78 is 47.7. The second kappa shape index (κ2) is 8.27. The van der Waals surface area contributed by atoms with Gasteiger partial charge in [0.1, 0.15) is 34.8 Å². The number of nitriles is 1. The van der Waals surface area contributed by atoms with E-state index < -0.39 is 34.7 Å². The average Bonchev–Trinajstić information content (AvgIpc) is 3.11. The van der Waals surface area contributed by atoms with Crippen LogP contribution < -0.4 is 4.74 Å². The topological polar surface area (TPSA) is 50.1 Å². The number of carbonyl (C=O) groups is 1.